The zero-order chi connectivity index (χ0) is 21.8. The summed E-state index contributed by atoms with van der Waals surface area (Å²) in [6.45, 7) is 5.23. The standard InChI is InChI=1S/C21H27N7O2S/c1-16-23-19(11-25(16)2)31(29,30)28-13-21(14-28)12-27(9-17-7-5-4-6-8-17)10-18(21)20-24-22-15-26(20)3/h4-8,11,15,18H,9-10,12-14H2,1-3H3. The van der Waals surface area contributed by atoms with Crippen LogP contribution in [0.4, 0.5) is 0 Å². The Balaban J connectivity index is 1.40. The SMILES string of the molecule is Cc1nc(S(=O)(=O)N2CC3(CN(Cc4ccccc4)CC3c3nncn3C)C2)cn1C. The molecule has 0 saturated carbocycles. The molecule has 1 aromatic carbocycles. The van der Waals surface area contributed by atoms with Crippen molar-refractivity contribution in [3.8, 4) is 0 Å². The fourth-order valence-corrected chi connectivity index (χ4v) is 6.58. The highest BCUT2D eigenvalue weighted by molar-refractivity contribution is 7.89. The summed E-state index contributed by atoms with van der Waals surface area (Å²) in [4.78, 5) is 6.66. The van der Waals surface area contributed by atoms with Gasteiger partial charge in [-0.25, -0.2) is 13.4 Å². The molecule has 0 radical (unpaired) electrons. The Hall–Kier alpha value is -2.56. The van der Waals surface area contributed by atoms with Crippen molar-refractivity contribution in [2.45, 2.75) is 24.4 Å². The number of rotatable bonds is 5. The van der Waals surface area contributed by atoms with E-state index in [1.807, 2.05) is 36.9 Å². The second-order valence-electron chi connectivity index (χ2n) is 8.88. The van der Waals surface area contributed by atoms with Crippen LogP contribution in [0.15, 0.2) is 47.9 Å². The Kier molecular flexibility index (Phi) is 4.76. The molecule has 3 aromatic rings. The molecule has 9 nitrogen and oxygen atoms in total. The average molecular weight is 442 g/mol. The fraction of sp³-hybridized carbons (Fsp3) is 0.476. The first kappa shape index (κ1) is 20.3. The molecule has 0 N–H and O–H groups in total. The van der Waals surface area contributed by atoms with Crippen LogP contribution in [0.3, 0.4) is 0 Å². The van der Waals surface area contributed by atoms with E-state index in [0.29, 0.717) is 18.9 Å². The molecule has 164 valence electrons. The van der Waals surface area contributed by atoms with E-state index < -0.39 is 10.0 Å². The average Bonchev–Trinajstić information content (AvgIpc) is 3.39. The Morgan fingerprint density at radius 3 is 2.45 bits per heavy atom. The molecule has 4 heterocycles. The van der Waals surface area contributed by atoms with Gasteiger partial charge in [0.25, 0.3) is 10.0 Å². The monoisotopic (exact) mass is 441 g/mol. The van der Waals surface area contributed by atoms with Crippen LogP contribution in [0.2, 0.25) is 0 Å². The minimum absolute atomic E-state index is 0.122. The van der Waals surface area contributed by atoms with Gasteiger partial charge in [-0.2, -0.15) is 4.31 Å². The summed E-state index contributed by atoms with van der Waals surface area (Å²) < 4.78 is 31.6. The van der Waals surface area contributed by atoms with Crippen molar-refractivity contribution < 1.29 is 8.42 Å². The molecule has 2 aliphatic rings. The van der Waals surface area contributed by atoms with Gasteiger partial charge < -0.3 is 9.13 Å². The predicted molar refractivity (Wildman–Crippen MR) is 115 cm³/mol. The summed E-state index contributed by atoms with van der Waals surface area (Å²) in [6, 6.07) is 10.4. The summed E-state index contributed by atoms with van der Waals surface area (Å²) >= 11 is 0. The number of aromatic nitrogens is 5. The molecule has 0 aliphatic carbocycles. The molecule has 10 heteroatoms. The Labute approximate surface area is 182 Å². The zero-order valence-corrected chi connectivity index (χ0v) is 18.8. The van der Waals surface area contributed by atoms with Crippen molar-refractivity contribution >= 4 is 10.0 Å². The molecule has 1 atom stereocenters. The maximum Gasteiger partial charge on any atom is 0.262 e. The van der Waals surface area contributed by atoms with Crippen LogP contribution in [0.25, 0.3) is 0 Å². The molecule has 1 unspecified atom stereocenters. The highest BCUT2D eigenvalue weighted by Gasteiger charge is 2.58. The molecule has 2 aromatic heterocycles. The summed E-state index contributed by atoms with van der Waals surface area (Å²) in [5, 5.41) is 8.58. The Bertz CT molecular complexity index is 1180. The van der Waals surface area contributed by atoms with E-state index in [-0.39, 0.29) is 16.4 Å². The van der Waals surface area contributed by atoms with Crippen molar-refractivity contribution in [1.82, 2.24) is 33.5 Å². The molecule has 2 fully saturated rings. The summed E-state index contributed by atoms with van der Waals surface area (Å²) in [5.41, 5.74) is 1.08. The highest BCUT2D eigenvalue weighted by atomic mass is 32.2. The smallest absolute Gasteiger partial charge is 0.262 e. The number of benzene rings is 1. The van der Waals surface area contributed by atoms with Gasteiger partial charge >= 0.3 is 0 Å². The van der Waals surface area contributed by atoms with Crippen molar-refractivity contribution in [2.24, 2.45) is 19.5 Å². The molecule has 0 bridgehead atoms. The molecule has 1 spiro atoms. The van der Waals surface area contributed by atoms with Gasteiger partial charge in [-0.1, -0.05) is 30.3 Å². The van der Waals surface area contributed by atoms with Crippen molar-refractivity contribution in [3.05, 3.63) is 60.1 Å². The number of hydrogen-bond acceptors (Lipinski definition) is 6. The van der Waals surface area contributed by atoms with E-state index >= 15 is 0 Å². The van der Waals surface area contributed by atoms with E-state index in [1.54, 1.807) is 28.3 Å². The minimum atomic E-state index is -3.61. The van der Waals surface area contributed by atoms with Gasteiger partial charge in [0.2, 0.25) is 0 Å². The van der Waals surface area contributed by atoms with Crippen molar-refractivity contribution in [2.75, 3.05) is 26.2 Å². The van der Waals surface area contributed by atoms with Crippen LogP contribution in [0, 0.1) is 12.3 Å². The first-order chi connectivity index (χ1) is 14.8. The molecule has 2 saturated heterocycles. The summed E-state index contributed by atoms with van der Waals surface area (Å²) in [5.74, 6) is 1.72. The third kappa shape index (κ3) is 3.38. The lowest BCUT2D eigenvalue weighted by atomic mass is 9.72. The largest absolute Gasteiger partial charge is 0.337 e. The first-order valence-corrected chi connectivity index (χ1v) is 11.8. The molecule has 31 heavy (non-hydrogen) atoms. The van der Waals surface area contributed by atoms with Crippen LogP contribution in [0.1, 0.15) is 23.1 Å². The van der Waals surface area contributed by atoms with Crippen LogP contribution in [0.5, 0.6) is 0 Å². The topological polar surface area (TPSA) is 89.2 Å². The molecule has 2 aliphatic heterocycles. The van der Waals surface area contributed by atoms with Gasteiger partial charge in [-0.15, -0.1) is 10.2 Å². The molecule has 0 amide bonds. The summed E-state index contributed by atoms with van der Waals surface area (Å²) in [6.07, 6.45) is 3.30. The lowest BCUT2D eigenvalue weighted by molar-refractivity contribution is 0.0597. The molecular formula is C21H27N7O2S. The Morgan fingerprint density at radius 2 is 1.84 bits per heavy atom. The van der Waals surface area contributed by atoms with E-state index in [0.717, 1.165) is 25.5 Å². The first-order valence-electron chi connectivity index (χ1n) is 10.4. The molecular weight excluding hydrogens is 414 g/mol. The lowest BCUT2D eigenvalue weighted by Crippen LogP contribution is -2.61. The number of imidazole rings is 1. The van der Waals surface area contributed by atoms with Crippen LogP contribution < -0.4 is 0 Å². The number of hydrogen-bond donors (Lipinski definition) is 0. The van der Waals surface area contributed by atoms with Crippen molar-refractivity contribution in [3.63, 3.8) is 0 Å². The second kappa shape index (κ2) is 7.25. The van der Waals surface area contributed by atoms with E-state index in [1.165, 1.54) is 5.56 Å². The van der Waals surface area contributed by atoms with E-state index in [9.17, 15) is 8.42 Å². The third-order valence-electron chi connectivity index (χ3n) is 6.70. The molecule has 5 rings (SSSR count). The normalized spacial score (nSPS) is 21.6. The number of likely N-dealkylation sites (tertiary alicyclic amines) is 1. The van der Waals surface area contributed by atoms with Gasteiger partial charge in [0.1, 0.15) is 18.0 Å². The van der Waals surface area contributed by atoms with Gasteiger partial charge in [-0.3, -0.25) is 4.90 Å². The second-order valence-corrected chi connectivity index (χ2v) is 10.8. The highest BCUT2D eigenvalue weighted by Crippen LogP contribution is 2.50. The number of nitrogens with zero attached hydrogens (tertiary/aromatic N) is 7. The van der Waals surface area contributed by atoms with Crippen LogP contribution in [-0.2, 0) is 30.7 Å². The van der Waals surface area contributed by atoms with Gasteiger partial charge in [-0.05, 0) is 12.5 Å². The minimum Gasteiger partial charge on any atom is -0.337 e. The van der Waals surface area contributed by atoms with Gasteiger partial charge in [0, 0.05) is 64.3 Å². The maximum absolute atomic E-state index is 13.2. The van der Waals surface area contributed by atoms with E-state index in [2.05, 4.69) is 32.2 Å². The fourth-order valence-electron chi connectivity index (χ4n) is 4.93. The Morgan fingerprint density at radius 1 is 1.10 bits per heavy atom. The van der Waals surface area contributed by atoms with Gasteiger partial charge in [0.15, 0.2) is 5.03 Å². The number of sulfonamides is 1. The maximum atomic E-state index is 13.2. The predicted octanol–water partition coefficient (Wildman–Crippen LogP) is 1.15. The quantitative estimate of drug-likeness (QED) is 0.590. The lowest BCUT2D eigenvalue weighted by Gasteiger charge is -2.49. The van der Waals surface area contributed by atoms with Gasteiger partial charge in [0.05, 0.1) is 0 Å². The van der Waals surface area contributed by atoms with E-state index in [4.69, 9.17) is 0 Å². The van der Waals surface area contributed by atoms with Crippen LogP contribution >= 0.6 is 0 Å². The third-order valence-corrected chi connectivity index (χ3v) is 8.36. The zero-order valence-electron chi connectivity index (χ0n) is 18.0. The summed E-state index contributed by atoms with van der Waals surface area (Å²) in [7, 11) is 0.152. The van der Waals surface area contributed by atoms with Crippen LogP contribution in [-0.4, -0.2) is 68.1 Å². The number of aryl methyl sites for hydroxylation is 3. The van der Waals surface area contributed by atoms with Crippen molar-refractivity contribution in [1.29, 1.82) is 0 Å².